The molecule has 6 heteroatoms. The van der Waals surface area contributed by atoms with Crippen LogP contribution in [-0.2, 0) is 0 Å². The first kappa shape index (κ1) is 18.8. The predicted octanol–water partition coefficient (Wildman–Crippen LogP) is 3.90. The molecule has 3 rings (SSSR count). The molecule has 0 aromatic heterocycles. The minimum Gasteiger partial charge on any atom is -0.267 e. The number of rotatable bonds is 5. The van der Waals surface area contributed by atoms with Crippen molar-refractivity contribution in [3.8, 4) is 0 Å². The molecule has 0 aliphatic heterocycles. The highest BCUT2D eigenvalue weighted by Crippen LogP contribution is 2.18. The number of nitrogens with zero attached hydrogens (tertiary/aromatic N) is 3. The van der Waals surface area contributed by atoms with E-state index in [0.29, 0.717) is 16.8 Å². The van der Waals surface area contributed by atoms with Gasteiger partial charge in [0.2, 0.25) is 0 Å². The van der Waals surface area contributed by atoms with Gasteiger partial charge in [0.1, 0.15) is 0 Å². The fourth-order valence-corrected chi connectivity index (χ4v) is 2.54. The van der Waals surface area contributed by atoms with Gasteiger partial charge in [-0.05, 0) is 43.3 Å². The molecule has 28 heavy (non-hydrogen) atoms. The van der Waals surface area contributed by atoms with Gasteiger partial charge in [-0.2, -0.15) is 10.2 Å². The van der Waals surface area contributed by atoms with Crippen molar-refractivity contribution >= 4 is 23.7 Å². The number of carbonyl (C=O) groups is 2. The monoisotopic (exact) mass is 372 g/mol. The molecular formula is C22H20N4O2. The third-order valence-corrected chi connectivity index (χ3v) is 3.86. The molecule has 0 radical (unpaired) electrons. The molecule has 3 aromatic carbocycles. The molecule has 0 aliphatic carbocycles. The Balaban J connectivity index is 2.00. The van der Waals surface area contributed by atoms with Crippen LogP contribution in [0, 0.1) is 0 Å². The van der Waals surface area contributed by atoms with Crippen molar-refractivity contribution in [1.29, 1.82) is 0 Å². The van der Waals surface area contributed by atoms with Crippen molar-refractivity contribution in [2.24, 2.45) is 5.10 Å². The number of hydrazone groups is 1. The van der Waals surface area contributed by atoms with Gasteiger partial charge in [-0.15, -0.1) is 5.12 Å². The first-order valence-electron chi connectivity index (χ1n) is 8.80. The van der Waals surface area contributed by atoms with Gasteiger partial charge in [0.15, 0.2) is 0 Å². The highest BCUT2D eigenvalue weighted by atomic mass is 16.2. The molecule has 0 bridgehead atoms. The number of hydrogen-bond donors (Lipinski definition) is 1. The third-order valence-electron chi connectivity index (χ3n) is 3.86. The largest absolute Gasteiger partial charge is 0.293 e. The van der Waals surface area contributed by atoms with Crippen molar-refractivity contribution in [1.82, 2.24) is 10.5 Å². The molecule has 0 aliphatic rings. The standard InChI is InChI=1S/C22H20N4O2/c1-2-23-25(20-16-10-5-11-17-20)26(22(28)19-14-8-4-9-15-19)24-21(27)18-12-6-3-7-13-18/h2-17H,1H3,(H,24,27)/b23-2-. The van der Waals surface area contributed by atoms with E-state index >= 15 is 0 Å². The summed E-state index contributed by atoms with van der Waals surface area (Å²) in [7, 11) is 0. The van der Waals surface area contributed by atoms with Crippen molar-refractivity contribution in [3.05, 3.63) is 102 Å². The van der Waals surface area contributed by atoms with Crippen molar-refractivity contribution in [2.75, 3.05) is 5.12 Å². The second kappa shape index (κ2) is 9.14. The summed E-state index contributed by atoms with van der Waals surface area (Å²) in [4.78, 5) is 25.9. The molecule has 0 unspecified atom stereocenters. The maximum atomic E-state index is 13.2. The zero-order valence-corrected chi connectivity index (χ0v) is 15.4. The smallest absolute Gasteiger partial charge is 0.267 e. The average Bonchev–Trinajstić information content (AvgIpc) is 2.77. The first-order valence-corrected chi connectivity index (χ1v) is 8.80. The summed E-state index contributed by atoms with van der Waals surface area (Å²) in [5.74, 6) is -0.837. The lowest BCUT2D eigenvalue weighted by Crippen LogP contribution is -2.54. The summed E-state index contributed by atoms with van der Waals surface area (Å²) in [5, 5.41) is 6.76. The number of amides is 2. The molecular weight excluding hydrogens is 352 g/mol. The Hall–Kier alpha value is -3.93. The zero-order valence-electron chi connectivity index (χ0n) is 15.4. The third kappa shape index (κ3) is 4.42. The first-order chi connectivity index (χ1) is 13.7. The molecule has 0 saturated carbocycles. The molecule has 0 atom stereocenters. The number of hydrogen-bond acceptors (Lipinski definition) is 4. The second-order valence-corrected chi connectivity index (χ2v) is 5.79. The summed E-state index contributed by atoms with van der Waals surface area (Å²) in [5.41, 5.74) is 4.15. The van der Waals surface area contributed by atoms with Crippen LogP contribution in [0.4, 0.5) is 5.69 Å². The van der Waals surface area contributed by atoms with Gasteiger partial charge >= 0.3 is 0 Å². The summed E-state index contributed by atoms with van der Waals surface area (Å²) in [6.07, 6.45) is 1.55. The lowest BCUT2D eigenvalue weighted by Gasteiger charge is -2.32. The summed E-state index contributed by atoms with van der Waals surface area (Å²) in [6, 6.07) is 26.5. The molecule has 3 aromatic rings. The summed E-state index contributed by atoms with van der Waals surface area (Å²) in [6.45, 7) is 1.74. The van der Waals surface area contributed by atoms with E-state index in [-0.39, 0.29) is 0 Å². The topological polar surface area (TPSA) is 65.0 Å². The molecule has 6 nitrogen and oxygen atoms in total. The Morgan fingerprint density at radius 3 is 1.82 bits per heavy atom. The van der Waals surface area contributed by atoms with E-state index in [4.69, 9.17) is 0 Å². The lowest BCUT2D eigenvalue weighted by atomic mass is 10.2. The van der Waals surface area contributed by atoms with E-state index in [1.54, 1.807) is 73.8 Å². The second-order valence-electron chi connectivity index (χ2n) is 5.79. The van der Waals surface area contributed by atoms with Gasteiger partial charge < -0.3 is 0 Å². The number of anilines is 1. The Morgan fingerprint density at radius 1 is 0.786 bits per heavy atom. The van der Waals surface area contributed by atoms with Crippen LogP contribution in [0.1, 0.15) is 27.6 Å². The number of carbonyl (C=O) groups excluding carboxylic acids is 2. The molecule has 0 saturated heterocycles. The van der Waals surface area contributed by atoms with E-state index < -0.39 is 11.8 Å². The molecule has 0 spiro atoms. The molecule has 2 amide bonds. The molecule has 1 N–H and O–H groups in total. The summed E-state index contributed by atoms with van der Waals surface area (Å²) >= 11 is 0. The molecule has 0 heterocycles. The number of nitrogens with one attached hydrogen (secondary N) is 1. The van der Waals surface area contributed by atoms with Crippen molar-refractivity contribution in [2.45, 2.75) is 6.92 Å². The number of benzene rings is 3. The molecule has 0 fully saturated rings. The Labute approximate surface area is 163 Å². The van der Waals surface area contributed by atoms with E-state index in [9.17, 15) is 9.59 Å². The number of hydrazine groups is 2. The van der Waals surface area contributed by atoms with Gasteiger partial charge in [-0.3, -0.25) is 9.59 Å². The van der Waals surface area contributed by atoms with E-state index in [0.717, 1.165) is 5.12 Å². The van der Waals surface area contributed by atoms with Crippen LogP contribution in [0.5, 0.6) is 0 Å². The fourth-order valence-electron chi connectivity index (χ4n) is 2.54. The van der Waals surface area contributed by atoms with Gasteiger partial charge in [0.25, 0.3) is 11.8 Å². The van der Waals surface area contributed by atoms with Crippen LogP contribution in [-0.4, -0.2) is 23.1 Å². The van der Waals surface area contributed by atoms with Crippen LogP contribution >= 0.6 is 0 Å². The maximum absolute atomic E-state index is 13.2. The van der Waals surface area contributed by atoms with Crippen molar-refractivity contribution in [3.63, 3.8) is 0 Å². The minimum atomic E-state index is -0.419. The molecule has 140 valence electrons. The predicted molar refractivity (Wildman–Crippen MR) is 110 cm³/mol. The van der Waals surface area contributed by atoms with Crippen LogP contribution < -0.4 is 10.5 Å². The van der Waals surface area contributed by atoms with E-state index in [2.05, 4.69) is 10.5 Å². The Kier molecular flexibility index (Phi) is 6.15. The van der Waals surface area contributed by atoms with E-state index in [1.165, 1.54) is 5.12 Å². The summed E-state index contributed by atoms with van der Waals surface area (Å²) < 4.78 is 0. The van der Waals surface area contributed by atoms with Crippen LogP contribution in [0.2, 0.25) is 0 Å². The van der Waals surface area contributed by atoms with Gasteiger partial charge in [0.05, 0.1) is 5.69 Å². The van der Waals surface area contributed by atoms with Crippen LogP contribution in [0.3, 0.4) is 0 Å². The van der Waals surface area contributed by atoms with Gasteiger partial charge in [0, 0.05) is 17.3 Å². The highest BCUT2D eigenvalue weighted by Gasteiger charge is 2.25. The average molecular weight is 372 g/mol. The van der Waals surface area contributed by atoms with E-state index in [1.807, 2.05) is 30.3 Å². The van der Waals surface area contributed by atoms with Crippen molar-refractivity contribution < 1.29 is 9.59 Å². The Morgan fingerprint density at radius 2 is 1.29 bits per heavy atom. The van der Waals surface area contributed by atoms with Crippen LogP contribution in [0.25, 0.3) is 0 Å². The zero-order chi connectivity index (χ0) is 19.8. The lowest BCUT2D eigenvalue weighted by molar-refractivity contribution is 0.0556. The fraction of sp³-hybridized carbons (Fsp3) is 0.0455. The quantitative estimate of drug-likeness (QED) is 0.546. The van der Waals surface area contributed by atoms with Gasteiger partial charge in [-0.25, -0.2) is 5.43 Å². The normalized spacial score (nSPS) is 10.5. The Bertz CT molecular complexity index is 944. The SMILES string of the molecule is C/C=N\N(c1ccccc1)N(NC(=O)c1ccccc1)C(=O)c1ccccc1. The van der Waals surface area contributed by atoms with Crippen LogP contribution in [0.15, 0.2) is 96.1 Å². The highest BCUT2D eigenvalue weighted by molar-refractivity contribution is 5.99. The maximum Gasteiger partial charge on any atom is 0.293 e. The van der Waals surface area contributed by atoms with Gasteiger partial charge in [-0.1, -0.05) is 54.6 Å². The number of para-hydroxylation sites is 1. The minimum absolute atomic E-state index is 0.417.